The van der Waals surface area contributed by atoms with E-state index in [1.807, 2.05) is 0 Å². The second-order valence-corrected chi connectivity index (χ2v) is 4.88. The maximum absolute atomic E-state index is 11.2. The summed E-state index contributed by atoms with van der Waals surface area (Å²) in [6.07, 6.45) is 2.94. The average molecular weight is 228 g/mol. The molecule has 2 atom stereocenters. The Morgan fingerprint density at radius 1 is 1.62 bits per heavy atom. The number of likely N-dealkylation sites (N-methyl/N-ethyl adjacent to an activating group) is 1. The molecule has 3 N–H and O–H groups in total. The Morgan fingerprint density at radius 2 is 2.31 bits per heavy atom. The van der Waals surface area contributed by atoms with Gasteiger partial charge in [0.15, 0.2) is 0 Å². The fraction of sp³-hybridized carbons (Fsp3) is 0.909. The molecule has 0 aromatic rings. The normalized spacial score (nSPS) is 24.4. The van der Waals surface area contributed by atoms with Crippen LogP contribution in [0.2, 0.25) is 0 Å². The minimum Gasteiger partial charge on any atom is -0.305 e. The van der Waals surface area contributed by atoms with Crippen LogP contribution in [0.5, 0.6) is 0 Å². The van der Waals surface area contributed by atoms with Crippen LogP contribution >= 0.6 is 0 Å². The van der Waals surface area contributed by atoms with Gasteiger partial charge in [-0.1, -0.05) is 0 Å². The molecule has 1 fully saturated rings. The lowest BCUT2D eigenvalue weighted by Crippen LogP contribution is -2.49. The molecule has 1 amide bonds. The summed E-state index contributed by atoms with van der Waals surface area (Å²) in [5.41, 5.74) is 2.19. The molecule has 5 nitrogen and oxygen atoms in total. The number of hydrogen-bond donors (Lipinski definition) is 2. The summed E-state index contributed by atoms with van der Waals surface area (Å²) >= 11 is 0. The summed E-state index contributed by atoms with van der Waals surface area (Å²) < 4.78 is 0. The van der Waals surface area contributed by atoms with Crippen LogP contribution in [0.3, 0.4) is 0 Å². The molecule has 16 heavy (non-hydrogen) atoms. The van der Waals surface area contributed by atoms with E-state index in [0.717, 1.165) is 13.1 Å². The molecule has 0 spiro atoms. The molecule has 0 bridgehead atoms. The van der Waals surface area contributed by atoms with Crippen LogP contribution in [0, 0.1) is 0 Å². The van der Waals surface area contributed by atoms with Gasteiger partial charge in [-0.05, 0) is 40.4 Å². The first-order valence-corrected chi connectivity index (χ1v) is 5.94. The van der Waals surface area contributed by atoms with Gasteiger partial charge < -0.3 is 4.90 Å². The lowest BCUT2D eigenvalue weighted by atomic mass is 10.0. The predicted molar refractivity (Wildman–Crippen MR) is 64.7 cm³/mol. The number of nitrogens with zero attached hydrogens (tertiary/aromatic N) is 2. The standard InChI is InChI=1S/C11H24N4O/c1-9(7-11(16)13-12)15-6-4-5-10(8-15)14(2)3/h9-10H,4-8,12H2,1-3H3,(H,13,16). The zero-order chi connectivity index (χ0) is 12.1. The van der Waals surface area contributed by atoms with Crippen LogP contribution in [0.1, 0.15) is 26.2 Å². The molecule has 1 aliphatic heterocycles. The van der Waals surface area contributed by atoms with Crippen LogP contribution < -0.4 is 11.3 Å². The molecule has 1 rings (SSSR count). The van der Waals surface area contributed by atoms with Gasteiger partial charge in [0, 0.05) is 25.0 Å². The van der Waals surface area contributed by atoms with Gasteiger partial charge in [-0.2, -0.15) is 0 Å². The Labute approximate surface area is 97.9 Å². The molecule has 0 saturated carbocycles. The summed E-state index contributed by atoms with van der Waals surface area (Å²) in [5.74, 6) is 5.02. The number of carbonyl (C=O) groups excluding carboxylic acids is 1. The Morgan fingerprint density at radius 3 is 2.88 bits per heavy atom. The van der Waals surface area contributed by atoms with Gasteiger partial charge in [0.1, 0.15) is 0 Å². The summed E-state index contributed by atoms with van der Waals surface area (Å²) in [4.78, 5) is 15.9. The highest BCUT2D eigenvalue weighted by molar-refractivity contribution is 5.75. The highest BCUT2D eigenvalue weighted by Gasteiger charge is 2.25. The Hall–Kier alpha value is -0.650. The van der Waals surface area contributed by atoms with E-state index in [2.05, 4.69) is 36.2 Å². The summed E-state index contributed by atoms with van der Waals surface area (Å²) in [7, 11) is 4.23. The van der Waals surface area contributed by atoms with Gasteiger partial charge in [0.05, 0.1) is 0 Å². The molecular weight excluding hydrogens is 204 g/mol. The topological polar surface area (TPSA) is 61.6 Å². The molecular formula is C11H24N4O. The minimum atomic E-state index is -0.0838. The SMILES string of the molecule is CC(CC(=O)NN)N1CCCC(N(C)C)C1. The first-order chi connectivity index (χ1) is 7.54. The molecule has 1 heterocycles. The molecule has 0 radical (unpaired) electrons. The monoisotopic (exact) mass is 228 g/mol. The number of amides is 1. The molecule has 5 heteroatoms. The third-order valence-electron chi connectivity index (χ3n) is 3.42. The molecule has 94 valence electrons. The van der Waals surface area contributed by atoms with E-state index in [1.165, 1.54) is 12.8 Å². The van der Waals surface area contributed by atoms with Crippen molar-refractivity contribution >= 4 is 5.91 Å². The Kier molecular flexibility index (Phi) is 5.18. The summed E-state index contributed by atoms with van der Waals surface area (Å²) in [6, 6.07) is 0.878. The number of nitrogens with two attached hydrogens (primary N) is 1. The van der Waals surface area contributed by atoms with Gasteiger partial charge in [0.25, 0.3) is 0 Å². The smallest absolute Gasteiger partial charge is 0.235 e. The lowest BCUT2D eigenvalue weighted by molar-refractivity contribution is -0.122. The number of piperidine rings is 1. The highest BCUT2D eigenvalue weighted by Crippen LogP contribution is 2.17. The first kappa shape index (κ1) is 13.4. The van der Waals surface area contributed by atoms with E-state index in [4.69, 9.17) is 5.84 Å². The highest BCUT2D eigenvalue weighted by atomic mass is 16.2. The molecule has 2 unspecified atom stereocenters. The molecule has 0 aromatic heterocycles. The minimum absolute atomic E-state index is 0.0838. The van der Waals surface area contributed by atoms with Crippen LogP contribution in [-0.4, -0.2) is 55.0 Å². The van der Waals surface area contributed by atoms with E-state index in [9.17, 15) is 4.79 Å². The molecule has 0 aliphatic carbocycles. The lowest BCUT2D eigenvalue weighted by Gasteiger charge is -2.39. The number of likely N-dealkylation sites (tertiary alicyclic amines) is 1. The van der Waals surface area contributed by atoms with Crippen molar-refractivity contribution in [3.63, 3.8) is 0 Å². The second kappa shape index (κ2) is 6.18. The fourth-order valence-corrected chi connectivity index (χ4v) is 2.26. The van der Waals surface area contributed by atoms with Crippen LogP contribution in [0.15, 0.2) is 0 Å². The average Bonchev–Trinajstić information content (AvgIpc) is 2.28. The van der Waals surface area contributed by atoms with Gasteiger partial charge >= 0.3 is 0 Å². The van der Waals surface area contributed by atoms with Gasteiger partial charge in [-0.3, -0.25) is 15.1 Å². The van der Waals surface area contributed by atoms with Crippen LogP contribution in [0.25, 0.3) is 0 Å². The zero-order valence-electron chi connectivity index (χ0n) is 10.6. The van der Waals surface area contributed by atoms with Crippen LogP contribution in [-0.2, 0) is 4.79 Å². The second-order valence-electron chi connectivity index (χ2n) is 4.88. The Balaban J connectivity index is 2.43. The van der Waals surface area contributed by atoms with Crippen LogP contribution in [0.4, 0.5) is 0 Å². The van der Waals surface area contributed by atoms with E-state index in [-0.39, 0.29) is 11.9 Å². The van der Waals surface area contributed by atoms with Crippen molar-refractivity contribution in [1.82, 2.24) is 15.2 Å². The van der Waals surface area contributed by atoms with Crippen molar-refractivity contribution in [2.45, 2.75) is 38.3 Å². The molecule has 0 aromatic carbocycles. The quantitative estimate of drug-likeness (QED) is 0.397. The van der Waals surface area contributed by atoms with Crippen molar-refractivity contribution in [2.75, 3.05) is 27.2 Å². The summed E-state index contributed by atoms with van der Waals surface area (Å²) in [5, 5.41) is 0. The van der Waals surface area contributed by atoms with Crippen molar-refractivity contribution in [3.8, 4) is 0 Å². The van der Waals surface area contributed by atoms with Gasteiger partial charge in [-0.15, -0.1) is 0 Å². The largest absolute Gasteiger partial charge is 0.305 e. The number of hydrogen-bond acceptors (Lipinski definition) is 4. The summed E-state index contributed by atoms with van der Waals surface area (Å²) in [6.45, 7) is 4.22. The van der Waals surface area contributed by atoms with E-state index in [1.54, 1.807) is 0 Å². The van der Waals surface area contributed by atoms with E-state index < -0.39 is 0 Å². The maximum atomic E-state index is 11.2. The van der Waals surface area contributed by atoms with Crippen molar-refractivity contribution in [2.24, 2.45) is 5.84 Å². The van der Waals surface area contributed by atoms with E-state index >= 15 is 0 Å². The first-order valence-electron chi connectivity index (χ1n) is 5.94. The number of rotatable bonds is 4. The van der Waals surface area contributed by atoms with Crippen molar-refractivity contribution in [3.05, 3.63) is 0 Å². The number of nitrogens with one attached hydrogen (secondary N) is 1. The van der Waals surface area contributed by atoms with Gasteiger partial charge in [0.2, 0.25) is 5.91 Å². The number of carbonyl (C=O) groups is 1. The van der Waals surface area contributed by atoms with Crippen molar-refractivity contribution in [1.29, 1.82) is 0 Å². The van der Waals surface area contributed by atoms with Gasteiger partial charge in [-0.25, -0.2) is 5.84 Å². The fourth-order valence-electron chi connectivity index (χ4n) is 2.26. The van der Waals surface area contributed by atoms with Crippen molar-refractivity contribution < 1.29 is 4.79 Å². The maximum Gasteiger partial charge on any atom is 0.235 e. The third kappa shape index (κ3) is 3.73. The third-order valence-corrected chi connectivity index (χ3v) is 3.42. The molecule has 1 aliphatic rings. The van der Waals surface area contributed by atoms with E-state index in [0.29, 0.717) is 12.5 Å². The molecule has 1 saturated heterocycles. The zero-order valence-corrected chi connectivity index (χ0v) is 10.6. The predicted octanol–water partition coefficient (Wildman–Crippen LogP) is -0.219. The Bertz CT molecular complexity index is 232. The number of hydrazine groups is 1.